The minimum absolute atomic E-state index is 0.425. The van der Waals surface area contributed by atoms with E-state index in [0.717, 1.165) is 12.8 Å². The van der Waals surface area contributed by atoms with Crippen molar-refractivity contribution in [2.45, 2.75) is 12.8 Å². The highest BCUT2D eigenvalue weighted by atomic mass is 16.3. The van der Waals surface area contributed by atoms with Gasteiger partial charge in [-0.2, -0.15) is 4.91 Å². The van der Waals surface area contributed by atoms with Crippen LogP contribution < -0.4 is 0 Å². The smallest absolute Gasteiger partial charge is 0.0814 e. The van der Waals surface area contributed by atoms with Crippen LogP contribution in [0.15, 0.2) is 35.5 Å². The zero-order chi connectivity index (χ0) is 7.94. The van der Waals surface area contributed by atoms with Gasteiger partial charge in [0.2, 0.25) is 0 Å². The summed E-state index contributed by atoms with van der Waals surface area (Å²) in [4.78, 5) is 9.75. The summed E-state index contributed by atoms with van der Waals surface area (Å²) in [5.41, 5.74) is 1.27. The fourth-order valence-electron chi connectivity index (χ4n) is 0.992. The summed E-state index contributed by atoms with van der Waals surface area (Å²) in [5.74, 6) is 0. The number of hydrogen-bond acceptors (Lipinski definition) is 2. The number of hydrogen-bond donors (Lipinski definition) is 0. The van der Waals surface area contributed by atoms with E-state index in [4.69, 9.17) is 0 Å². The van der Waals surface area contributed by atoms with Gasteiger partial charge >= 0.3 is 0 Å². The Morgan fingerprint density at radius 3 is 2.55 bits per heavy atom. The quantitative estimate of drug-likeness (QED) is 0.477. The maximum Gasteiger partial charge on any atom is 0.0814 e. The third-order valence-corrected chi connectivity index (χ3v) is 1.56. The molecular formula is C9H11NO. The fourth-order valence-corrected chi connectivity index (χ4v) is 0.992. The third-order valence-electron chi connectivity index (χ3n) is 1.56. The second-order valence-corrected chi connectivity index (χ2v) is 2.44. The Bertz CT molecular complexity index is 208. The Labute approximate surface area is 66.2 Å². The SMILES string of the molecule is O=NCCCc1ccccc1. The van der Waals surface area contributed by atoms with Crippen LogP contribution >= 0.6 is 0 Å². The third kappa shape index (κ3) is 2.94. The van der Waals surface area contributed by atoms with Crippen LogP contribution in [-0.4, -0.2) is 6.54 Å². The summed E-state index contributed by atoms with van der Waals surface area (Å²) < 4.78 is 0. The van der Waals surface area contributed by atoms with Gasteiger partial charge in [0.1, 0.15) is 0 Å². The highest BCUT2D eigenvalue weighted by Crippen LogP contribution is 2.01. The molecule has 2 heteroatoms. The fraction of sp³-hybridized carbons (Fsp3) is 0.333. The van der Waals surface area contributed by atoms with Crippen molar-refractivity contribution in [3.8, 4) is 0 Å². The van der Waals surface area contributed by atoms with Crippen LogP contribution in [0, 0.1) is 4.91 Å². The van der Waals surface area contributed by atoms with E-state index in [1.54, 1.807) is 0 Å². The molecule has 0 heterocycles. The van der Waals surface area contributed by atoms with Gasteiger partial charge in [0.25, 0.3) is 0 Å². The van der Waals surface area contributed by atoms with Crippen molar-refractivity contribution in [3.05, 3.63) is 40.8 Å². The highest BCUT2D eigenvalue weighted by molar-refractivity contribution is 5.14. The summed E-state index contributed by atoms with van der Waals surface area (Å²) in [5, 5.41) is 2.80. The van der Waals surface area contributed by atoms with Gasteiger partial charge in [-0.3, -0.25) is 0 Å². The molecule has 0 atom stereocenters. The molecule has 0 radical (unpaired) electrons. The summed E-state index contributed by atoms with van der Waals surface area (Å²) in [6.07, 6.45) is 1.81. The molecule has 0 saturated carbocycles. The summed E-state index contributed by atoms with van der Waals surface area (Å²) in [7, 11) is 0. The molecule has 1 aromatic carbocycles. The van der Waals surface area contributed by atoms with E-state index >= 15 is 0 Å². The van der Waals surface area contributed by atoms with E-state index in [-0.39, 0.29) is 0 Å². The Hall–Kier alpha value is -1.18. The molecule has 0 amide bonds. The normalized spacial score (nSPS) is 9.45. The summed E-state index contributed by atoms with van der Waals surface area (Å²) in [6.45, 7) is 0.425. The van der Waals surface area contributed by atoms with Gasteiger partial charge in [-0.1, -0.05) is 35.5 Å². The topological polar surface area (TPSA) is 29.4 Å². The van der Waals surface area contributed by atoms with E-state index in [1.807, 2.05) is 18.2 Å². The molecule has 0 aromatic heterocycles. The molecule has 0 spiro atoms. The first-order chi connectivity index (χ1) is 5.43. The predicted molar refractivity (Wildman–Crippen MR) is 45.4 cm³/mol. The van der Waals surface area contributed by atoms with Gasteiger partial charge in [-0.15, -0.1) is 0 Å². The average Bonchev–Trinajstić information content (AvgIpc) is 2.07. The zero-order valence-corrected chi connectivity index (χ0v) is 6.36. The number of benzene rings is 1. The van der Waals surface area contributed by atoms with Crippen LogP contribution in [0.1, 0.15) is 12.0 Å². The lowest BCUT2D eigenvalue weighted by Crippen LogP contribution is -1.86. The first-order valence-electron chi connectivity index (χ1n) is 3.76. The Kier molecular flexibility index (Phi) is 3.32. The van der Waals surface area contributed by atoms with Gasteiger partial charge in [0, 0.05) is 0 Å². The molecule has 0 aliphatic rings. The molecule has 1 rings (SSSR count). The standard InChI is InChI=1S/C9H11NO/c11-10-8-4-7-9-5-2-1-3-6-9/h1-3,5-6H,4,7-8H2. The average molecular weight is 149 g/mol. The van der Waals surface area contributed by atoms with Crippen LogP contribution in [-0.2, 0) is 6.42 Å². The van der Waals surface area contributed by atoms with E-state index in [0.29, 0.717) is 6.54 Å². The number of rotatable bonds is 4. The zero-order valence-electron chi connectivity index (χ0n) is 6.36. The molecule has 0 fully saturated rings. The van der Waals surface area contributed by atoms with Gasteiger partial charge in [0.15, 0.2) is 0 Å². The van der Waals surface area contributed by atoms with Crippen molar-refractivity contribution in [2.24, 2.45) is 5.18 Å². The maximum atomic E-state index is 9.75. The second kappa shape index (κ2) is 4.61. The summed E-state index contributed by atoms with van der Waals surface area (Å²) >= 11 is 0. The van der Waals surface area contributed by atoms with E-state index in [2.05, 4.69) is 17.3 Å². The monoisotopic (exact) mass is 149 g/mol. The first kappa shape index (κ1) is 7.92. The predicted octanol–water partition coefficient (Wildman–Crippen LogP) is 2.39. The molecule has 0 saturated heterocycles. The molecule has 58 valence electrons. The van der Waals surface area contributed by atoms with Gasteiger partial charge in [-0.25, -0.2) is 0 Å². The largest absolute Gasteiger partial charge is 0.151 e. The molecule has 2 nitrogen and oxygen atoms in total. The van der Waals surface area contributed by atoms with E-state index in [1.165, 1.54) is 5.56 Å². The second-order valence-electron chi connectivity index (χ2n) is 2.44. The van der Waals surface area contributed by atoms with Crippen LogP contribution in [0.2, 0.25) is 0 Å². The Morgan fingerprint density at radius 1 is 1.18 bits per heavy atom. The van der Waals surface area contributed by atoms with Crippen molar-refractivity contribution < 1.29 is 0 Å². The van der Waals surface area contributed by atoms with Gasteiger partial charge in [-0.05, 0) is 18.4 Å². The Balaban J connectivity index is 2.33. The van der Waals surface area contributed by atoms with Crippen molar-refractivity contribution in [1.29, 1.82) is 0 Å². The molecule has 0 bridgehead atoms. The van der Waals surface area contributed by atoms with Crippen molar-refractivity contribution >= 4 is 0 Å². The van der Waals surface area contributed by atoms with Crippen molar-refractivity contribution in [3.63, 3.8) is 0 Å². The molecule has 0 aliphatic heterocycles. The number of aryl methyl sites for hydroxylation is 1. The maximum absolute atomic E-state index is 9.75. The van der Waals surface area contributed by atoms with Gasteiger partial charge < -0.3 is 0 Å². The van der Waals surface area contributed by atoms with Crippen LogP contribution in [0.5, 0.6) is 0 Å². The van der Waals surface area contributed by atoms with Crippen LogP contribution in [0.4, 0.5) is 0 Å². The number of nitroso groups, excluding NO2 is 1. The molecule has 1 aromatic rings. The lowest BCUT2D eigenvalue weighted by molar-refractivity contribution is 0.829. The summed E-state index contributed by atoms with van der Waals surface area (Å²) in [6, 6.07) is 10.1. The molecule has 0 aliphatic carbocycles. The number of nitrogens with zero attached hydrogens (tertiary/aromatic N) is 1. The molecule has 11 heavy (non-hydrogen) atoms. The lowest BCUT2D eigenvalue weighted by Gasteiger charge is -1.95. The molecule has 0 unspecified atom stereocenters. The molecule has 0 N–H and O–H groups in total. The highest BCUT2D eigenvalue weighted by Gasteiger charge is 1.89. The minimum atomic E-state index is 0.425. The van der Waals surface area contributed by atoms with Crippen molar-refractivity contribution in [2.75, 3.05) is 6.54 Å². The van der Waals surface area contributed by atoms with Crippen LogP contribution in [0.3, 0.4) is 0 Å². The molecular weight excluding hydrogens is 138 g/mol. The van der Waals surface area contributed by atoms with Crippen molar-refractivity contribution in [1.82, 2.24) is 0 Å². The van der Waals surface area contributed by atoms with E-state index in [9.17, 15) is 4.91 Å². The van der Waals surface area contributed by atoms with Gasteiger partial charge in [0.05, 0.1) is 6.54 Å². The lowest BCUT2D eigenvalue weighted by atomic mass is 10.1. The van der Waals surface area contributed by atoms with Crippen LogP contribution in [0.25, 0.3) is 0 Å². The first-order valence-corrected chi connectivity index (χ1v) is 3.76. The van der Waals surface area contributed by atoms with E-state index < -0.39 is 0 Å². The minimum Gasteiger partial charge on any atom is -0.151 e. The Morgan fingerprint density at radius 2 is 1.91 bits per heavy atom.